The van der Waals surface area contributed by atoms with E-state index in [1.807, 2.05) is 26.0 Å². The molecule has 0 saturated carbocycles. The third-order valence-corrected chi connectivity index (χ3v) is 3.68. The minimum absolute atomic E-state index is 0.0888. The Morgan fingerprint density at radius 2 is 2.27 bits per heavy atom. The molecule has 2 N–H and O–H groups in total. The van der Waals surface area contributed by atoms with Gasteiger partial charge in [0, 0.05) is 11.4 Å². The zero-order valence-corrected chi connectivity index (χ0v) is 11.1. The molecule has 0 aliphatic rings. The monoisotopic (exact) mass is 291 g/mol. The lowest BCUT2D eigenvalue weighted by atomic mass is 10.1. The van der Waals surface area contributed by atoms with Crippen molar-refractivity contribution in [2.75, 3.05) is 0 Å². The van der Waals surface area contributed by atoms with Gasteiger partial charge in [0.2, 0.25) is 0 Å². The molecule has 0 aliphatic carbocycles. The van der Waals surface area contributed by atoms with Crippen LogP contribution < -0.4 is 5.32 Å². The maximum absolute atomic E-state index is 10.9. The molecule has 3 nitrogen and oxygen atoms in total. The number of hydrogen-bond donors (Lipinski definition) is 2. The third kappa shape index (κ3) is 3.93. The SMILES string of the molecule is CC(C)C(NCc1ccc(Br)s1)C(=O)O. The Hall–Kier alpha value is -0.390. The standard InChI is InChI=1S/C10H14BrNO2S/c1-6(2)9(10(13)14)12-5-7-3-4-8(11)15-7/h3-4,6,9,12H,5H2,1-2H3,(H,13,14). The summed E-state index contributed by atoms with van der Waals surface area (Å²) in [5.41, 5.74) is 0. The molecule has 0 fully saturated rings. The molecule has 5 heteroatoms. The summed E-state index contributed by atoms with van der Waals surface area (Å²) in [5, 5.41) is 12.0. The molecule has 0 bridgehead atoms. The average molecular weight is 292 g/mol. The van der Waals surface area contributed by atoms with E-state index >= 15 is 0 Å². The molecule has 1 unspecified atom stereocenters. The van der Waals surface area contributed by atoms with E-state index in [9.17, 15) is 4.79 Å². The first kappa shape index (κ1) is 12.7. The molecule has 0 saturated heterocycles. The Morgan fingerprint density at radius 3 is 2.67 bits per heavy atom. The maximum Gasteiger partial charge on any atom is 0.320 e. The fraction of sp³-hybridized carbons (Fsp3) is 0.500. The molecule has 0 amide bonds. The van der Waals surface area contributed by atoms with E-state index in [-0.39, 0.29) is 5.92 Å². The topological polar surface area (TPSA) is 49.3 Å². The molecule has 0 spiro atoms. The normalized spacial score (nSPS) is 13.1. The molecule has 0 radical (unpaired) electrons. The van der Waals surface area contributed by atoms with Crippen molar-refractivity contribution in [2.45, 2.75) is 26.4 Å². The van der Waals surface area contributed by atoms with Crippen LogP contribution in [-0.2, 0) is 11.3 Å². The highest BCUT2D eigenvalue weighted by atomic mass is 79.9. The summed E-state index contributed by atoms with van der Waals surface area (Å²) < 4.78 is 1.07. The first-order valence-electron chi connectivity index (χ1n) is 4.71. The molecule has 0 aliphatic heterocycles. The van der Waals surface area contributed by atoms with E-state index in [0.717, 1.165) is 8.66 Å². The number of aliphatic carboxylic acids is 1. The Morgan fingerprint density at radius 1 is 1.60 bits per heavy atom. The average Bonchev–Trinajstić information content (AvgIpc) is 2.50. The van der Waals surface area contributed by atoms with Crippen LogP contribution in [0.3, 0.4) is 0 Å². The molecule has 15 heavy (non-hydrogen) atoms. The van der Waals surface area contributed by atoms with Gasteiger partial charge in [-0.1, -0.05) is 13.8 Å². The van der Waals surface area contributed by atoms with Crippen molar-refractivity contribution in [2.24, 2.45) is 5.92 Å². The number of rotatable bonds is 5. The second-order valence-corrected chi connectivity index (χ2v) is 6.19. The van der Waals surface area contributed by atoms with Crippen molar-refractivity contribution < 1.29 is 9.90 Å². The van der Waals surface area contributed by atoms with E-state index in [1.54, 1.807) is 11.3 Å². The van der Waals surface area contributed by atoms with Crippen molar-refractivity contribution in [3.05, 3.63) is 20.8 Å². The quantitative estimate of drug-likeness (QED) is 0.877. The van der Waals surface area contributed by atoms with Crippen LogP contribution in [0.25, 0.3) is 0 Å². The zero-order valence-electron chi connectivity index (χ0n) is 8.66. The Labute approximate surface area is 102 Å². The smallest absolute Gasteiger partial charge is 0.320 e. The third-order valence-electron chi connectivity index (χ3n) is 2.06. The summed E-state index contributed by atoms with van der Waals surface area (Å²) in [6.07, 6.45) is 0. The molecule has 1 rings (SSSR count). The fourth-order valence-electron chi connectivity index (χ4n) is 1.27. The van der Waals surface area contributed by atoms with Gasteiger partial charge in [-0.2, -0.15) is 0 Å². The van der Waals surface area contributed by atoms with Crippen molar-refractivity contribution in [1.29, 1.82) is 0 Å². The second-order valence-electron chi connectivity index (χ2n) is 3.65. The number of nitrogens with one attached hydrogen (secondary N) is 1. The van der Waals surface area contributed by atoms with Crippen molar-refractivity contribution >= 4 is 33.2 Å². The van der Waals surface area contributed by atoms with Crippen LogP contribution in [-0.4, -0.2) is 17.1 Å². The summed E-state index contributed by atoms with van der Waals surface area (Å²) in [6, 6.07) is 3.47. The Bertz CT molecular complexity index is 338. The van der Waals surface area contributed by atoms with E-state index < -0.39 is 12.0 Å². The number of carboxylic acid groups (broad SMARTS) is 1. The molecule has 1 atom stereocenters. The summed E-state index contributed by atoms with van der Waals surface area (Å²) in [6.45, 7) is 4.40. The van der Waals surface area contributed by atoms with Crippen LogP contribution in [0.15, 0.2) is 15.9 Å². The Kier molecular flexibility index (Phi) is 4.76. The predicted molar refractivity (Wildman–Crippen MR) is 65.1 cm³/mol. The van der Waals surface area contributed by atoms with E-state index in [0.29, 0.717) is 6.54 Å². The van der Waals surface area contributed by atoms with Crippen LogP contribution in [0, 0.1) is 5.92 Å². The van der Waals surface area contributed by atoms with Crippen molar-refractivity contribution in [1.82, 2.24) is 5.32 Å². The number of hydrogen-bond acceptors (Lipinski definition) is 3. The van der Waals surface area contributed by atoms with Crippen LogP contribution in [0.1, 0.15) is 18.7 Å². The Balaban J connectivity index is 2.50. The zero-order chi connectivity index (χ0) is 11.4. The fourth-order valence-corrected chi connectivity index (χ4v) is 2.70. The highest BCUT2D eigenvalue weighted by molar-refractivity contribution is 9.11. The summed E-state index contributed by atoms with van der Waals surface area (Å²) in [4.78, 5) is 12.0. The van der Waals surface area contributed by atoms with Gasteiger partial charge in [0.1, 0.15) is 6.04 Å². The van der Waals surface area contributed by atoms with Gasteiger partial charge in [-0.25, -0.2) is 0 Å². The molecular formula is C10H14BrNO2S. The van der Waals surface area contributed by atoms with Crippen molar-refractivity contribution in [3.8, 4) is 0 Å². The van der Waals surface area contributed by atoms with E-state index in [4.69, 9.17) is 5.11 Å². The number of thiophene rings is 1. The maximum atomic E-state index is 10.9. The second kappa shape index (κ2) is 5.63. The van der Waals surface area contributed by atoms with Gasteiger partial charge in [-0.05, 0) is 34.0 Å². The van der Waals surface area contributed by atoms with Crippen LogP contribution >= 0.6 is 27.3 Å². The number of carbonyl (C=O) groups is 1. The first-order chi connectivity index (χ1) is 7.00. The predicted octanol–water partition coefficient (Wildman–Crippen LogP) is 2.71. The molecule has 1 aromatic heterocycles. The molecule has 1 heterocycles. The van der Waals surface area contributed by atoms with Gasteiger partial charge in [0.05, 0.1) is 3.79 Å². The summed E-state index contributed by atoms with van der Waals surface area (Å²) in [5.74, 6) is -0.702. The van der Waals surface area contributed by atoms with Crippen LogP contribution in [0.2, 0.25) is 0 Å². The molecule has 84 valence electrons. The van der Waals surface area contributed by atoms with Gasteiger partial charge in [0.25, 0.3) is 0 Å². The minimum Gasteiger partial charge on any atom is -0.480 e. The molecule has 0 aromatic carbocycles. The largest absolute Gasteiger partial charge is 0.480 e. The van der Waals surface area contributed by atoms with Gasteiger partial charge < -0.3 is 5.11 Å². The number of halogens is 1. The summed E-state index contributed by atoms with van der Waals surface area (Å²) in [7, 11) is 0. The van der Waals surface area contributed by atoms with E-state index in [1.165, 1.54) is 0 Å². The first-order valence-corrected chi connectivity index (χ1v) is 6.32. The lowest BCUT2D eigenvalue weighted by molar-refractivity contribution is -0.140. The molecular weight excluding hydrogens is 278 g/mol. The van der Waals surface area contributed by atoms with Gasteiger partial charge in [0.15, 0.2) is 0 Å². The number of carboxylic acids is 1. The van der Waals surface area contributed by atoms with E-state index in [2.05, 4.69) is 21.2 Å². The molecule has 1 aromatic rings. The van der Waals surface area contributed by atoms with Gasteiger partial charge in [-0.3, -0.25) is 10.1 Å². The van der Waals surface area contributed by atoms with Gasteiger partial charge in [-0.15, -0.1) is 11.3 Å². The summed E-state index contributed by atoms with van der Waals surface area (Å²) >= 11 is 4.99. The highest BCUT2D eigenvalue weighted by Gasteiger charge is 2.20. The van der Waals surface area contributed by atoms with Gasteiger partial charge >= 0.3 is 5.97 Å². The lowest BCUT2D eigenvalue weighted by Gasteiger charge is -2.17. The van der Waals surface area contributed by atoms with Crippen molar-refractivity contribution in [3.63, 3.8) is 0 Å². The lowest BCUT2D eigenvalue weighted by Crippen LogP contribution is -2.40. The highest BCUT2D eigenvalue weighted by Crippen LogP contribution is 2.22. The van der Waals surface area contributed by atoms with Crippen LogP contribution in [0.5, 0.6) is 0 Å². The minimum atomic E-state index is -0.791. The van der Waals surface area contributed by atoms with Crippen LogP contribution in [0.4, 0.5) is 0 Å².